The molecule has 1 aliphatic rings. The Kier molecular flexibility index (Phi) is 6.25. The van der Waals surface area contributed by atoms with Crippen LogP contribution in [0.5, 0.6) is 0 Å². The van der Waals surface area contributed by atoms with Gasteiger partial charge in [-0.05, 0) is 62.6 Å². The summed E-state index contributed by atoms with van der Waals surface area (Å²) in [6.45, 7) is 6.62. The Hall–Kier alpha value is -0.860. The van der Waals surface area contributed by atoms with E-state index in [9.17, 15) is 0 Å². The van der Waals surface area contributed by atoms with E-state index < -0.39 is 0 Å². The van der Waals surface area contributed by atoms with Crippen molar-refractivity contribution in [3.8, 4) is 0 Å². The molecule has 0 amide bonds. The van der Waals surface area contributed by atoms with Gasteiger partial charge >= 0.3 is 0 Å². The number of hydrazine groups is 1. The molecule has 0 aliphatic heterocycles. The summed E-state index contributed by atoms with van der Waals surface area (Å²) >= 11 is 0. The van der Waals surface area contributed by atoms with Crippen LogP contribution in [-0.2, 0) is 6.42 Å². The van der Waals surface area contributed by atoms with Crippen molar-refractivity contribution in [2.75, 3.05) is 0 Å². The molecule has 0 saturated heterocycles. The molecule has 0 bridgehead atoms. The Morgan fingerprint density at radius 3 is 2.29 bits per heavy atom. The molecular weight excluding hydrogens is 256 g/mol. The molecule has 0 heterocycles. The maximum Gasteiger partial charge on any atom is 0.0251 e. The van der Waals surface area contributed by atoms with Gasteiger partial charge in [-0.15, -0.1) is 0 Å². The predicted octanol–water partition coefficient (Wildman–Crippen LogP) is 4.35. The molecule has 0 radical (unpaired) electrons. The lowest BCUT2D eigenvalue weighted by Gasteiger charge is -2.25. The number of hydrogen-bond donors (Lipinski definition) is 2. The fourth-order valence-electron chi connectivity index (χ4n) is 3.94. The fourth-order valence-corrected chi connectivity index (χ4v) is 3.94. The first kappa shape index (κ1) is 16.5. The van der Waals surface area contributed by atoms with Crippen LogP contribution < -0.4 is 11.3 Å². The van der Waals surface area contributed by atoms with Crippen molar-refractivity contribution < 1.29 is 0 Å². The Morgan fingerprint density at radius 1 is 1.10 bits per heavy atom. The number of aryl methyl sites for hydroxylation is 3. The minimum atomic E-state index is 0.409. The Bertz CT molecular complexity index is 424. The molecule has 1 fully saturated rings. The summed E-state index contributed by atoms with van der Waals surface area (Å²) in [5.41, 5.74) is 8.71. The SMILES string of the molecule is Cc1cc(C)c(CC(CCC2CCCCC2)NN)c(C)c1. The van der Waals surface area contributed by atoms with Gasteiger partial charge in [-0.1, -0.05) is 49.8 Å². The number of hydrogen-bond acceptors (Lipinski definition) is 2. The van der Waals surface area contributed by atoms with E-state index in [0.29, 0.717) is 6.04 Å². The smallest absolute Gasteiger partial charge is 0.0251 e. The van der Waals surface area contributed by atoms with Crippen LogP contribution in [0.1, 0.15) is 67.2 Å². The van der Waals surface area contributed by atoms with E-state index in [1.807, 2.05) is 0 Å². The highest BCUT2D eigenvalue weighted by atomic mass is 15.2. The molecule has 118 valence electrons. The lowest BCUT2D eigenvalue weighted by Crippen LogP contribution is -2.37. The lowest BCUT2D eigenvalue weighted by molar-refractivity contribution is 0.313. The van der Waals surface area contributed by atoms with Crippen LogP contribution in [0.4, 0.5) is 0 Å². The van der Waals surface area contributed by atoms with Crippen LogP contribution in [0.2, 0.25) is 0 Å². The number of benzene rings is 1. The fraction of sp³-hybridized carbons (Fsp3) is 0.684. The summed E-state index contributed by atoms with van der Waals surface area (Å²) in [7, 11) is 0. The van der Waals surface area contributed by atoms with Crippen molar-refractivity contribution in [2.45, 2.75) is 78.2 Å². The molecule has 1 unspecified atom stereocenters. The van der Waals surface area contributed by atoms with Crippen LogP contribution in [0.3, 0.4) is 0 Å². The second-order valence-corrected chi connectivity index (χ2v) is 7.03. The molecule has 1 atom stereocenters. The summed E-state index contributed by atoms with van der Waals surface area (Å²) in [5.74, 6) is 6.76. The summed E-state index contributed by atoms with van der Waals surface area (Å²) in [6, 6.07) is 4.99. The average molecular weight is 288 g/mol. The van der Waals surface area contributed by atoms with Crippen LogP contribution in [-0.4, -0.2) is 6.04 Å². The van der Waals surface area contributed by atoms with Gasteiger partial charge < -0.3 is 0 Å². The molecule has 3 N–H and O–H groups in total. The van der Waals surface area contributed by atoms with Crippen molar-refractivity contribution in [1.29, 1.82) is 0 Å². The van der Waals surface area contributed by atoms with E-state index in [-0.39, 0.29) is 0 Å². The number of nitrogens with two attached hydrogens (primary N) is 1. The van der Waals surface area contributed by atoms with Gasteiger partial charge in [-0.25, -0.2) is 0 Å². The normalized spacial score (nSPS) is 17.9. The third-order valence-corrected chi connectivity index (χ3v) is 5.17. The van der Waals surface area contributed by atoms with Gasteiger partial charge in [0.2, 0.25) is 0 Å². The quantitative estimate of drug-likeness (QED) is 0.603. The lowest BCUT2D eigenvalue weighted by atomic mass is 9.84. The van der Waals surface area contributed by atoms with Gasteiger partial charge in [-0.3, -0.25) is 11.3 Å². The van der Waals surface area contributed by atoms with Crippen molar-refractivity contribution in [2.24, 2.45) is 11.8 Å². The van der Waals surface area contributed by atoms with Crippen LogP contribution in [0.15, 0.2) is 12.1 Å². The van der Waals surface area contributed by atoms with E-state index in [1.54, 1.807) is 0 Å². The summed E-state index contributed by atoms with van der Waals surface area (Å²) < 4.78 is 0. The molecule has 1 aromatic rings. The minimum Gasteiger partial charge on any atom is -0.271 e. The van der Waals surface area contributed by atoms with Gasteiger partial charge in [-0.2, -0.15) is 0 Å². The molecule has 2 rings (SSSR count). The van der Waals surface area contributed by atoms with Gasteiger partial charge in [0.1, 0.15) is 0 Å². The Morgan fingerprint density at radius 2 is 1.71 bits per heavy atom. The average Bonchev–Trinajstić information content (AvgIpc) is 2.47. The van der Waals surface area contributed by atoms with Crippen LogP contribution >= 0.6 is 0 Å². The Balaban J connectivity index is 1.92. The summed E-state index contributed by atoms with van der Waals surface area (Å²) in [4.78, 5) is 0. The van der Waals surface area contributed by atoms with E-state index in [2.05, 4.69) is 38.3 Å². The second-order valence-electron chi connectivity index (χ2n) is 7.03. The van der Waals surface area contributed by atoms with E-state index in [1.165, 1.54) is 67.2 Å². The van der Waals surface area contributed by atoms with E-state index >= 15 is 0 Å². The topological polar surface area (TPSA) is 38.0 Å². The van der Waals surface area contributed by atoms with Crippen molar-refractivity contribution in [3.05, 3.63) is 34.4 Å². The molecule has 21 heavy (non-hydrogen) atoms. The Labute approximate surface area is 130 Å². The molecule has 1 saturated carbocycles. The zero-order valence-corrected chi connectivity index (χ0v) is 14.0. The highest BCUT2D eigenvalue weighted by Gasteiger charge is 2.17. The van der Waals surface area contributed by atoms with Gasteiger partial charge in [0.05, 0.1) is 0 Å². The molecule has 2 nitrogen and oxygen atoms in total. The zero-order chi connectivity index (χ0) is 15.2. The van der Waals surface area contributed by atoms with Gasteiger partial charge in [0.25, 0.3) is 0 Å². The van der Waals surface area contributed by atoms with Gasteiger partial charge in [0, 0.05) is 6.04 Å². The second kappa shape index (κ2) is 7.95. The monoisotopic (exact) mass is 288 g/mol. The van der Waals surface area contributed by atoms with Crippen molar-refractivity contribution in [3.63, 3.8) is 0 Å². The number of nitrogens with one attached hydrogen (secondary N) is 1. The third-order valence-electron chi connectivity index (χ3n) is 5.17. The predicted molar refractivity (Wildman–Crippen MR) is 91.3 cm³/mol. The largest absolute Gasteiger partial charge is 0.271 e. The van der Waals surface area contributed by atoms with Crippen LogP contribution in [0, 0.1) is 26.7 Å². The zero-order valence-electron chi connectivity index (χ0n) is 14.0. The number of rotatable bonds is 6. The van der Waals surface area contributed by atoms with Crippen molar-refractivity contribution in [1.82, 2.24) is 5.43 Å². The summed E-state index contributed by atoms with van der Waals surface area (Å²) in [5, 5.41) is 0. The molecule has 0 aromatic heterocycles. The summed E-state index contributed by atoms with van der Waals surface area (Å²) in [6.07, 6.45) is 10.8. The minimum absolute atomic E-state index is 0.409. The van der Waals surface area contributed by atoms with E-state index in [4.69, 9.17) is 5.84 Å². The molecule has 2 heteroatoms. The first-order chi connectivity index (χ1) is 10.1. The first-order valence-corrected chi connectivity index (χ1v) is 8.63. The molecular formula is C19H32N2. The van der Waals surface area contributed by atoms with E-state index in [0.717, 1.165) is 12.3 Å². The maximum atomic E-state index is 5.82. The maximum absolute atomic E-state index is 5.82. The molecule has 1 aromatic carbocycles. The highest BCUT2D eigenvalue weighted by molar-refractivity contribution is 5.38. The third kappa shape index (κ3) is 4.82. The van der Waals surface area contributed by atoms with Gasteiger partial charge in [0.15, 0.2) is 0 Å². The van der Waals surface area contributed by atoms with Crippen molar-refractivity contribution >= 4 is 0 Å². The molecule has 0 spiro atoms. The highest BCUT2D eigenvalue weighted by Crippen LogP contribution is 2.28. The first-order valence-electron chi connectivity index (χ1n) is 8.63. The van der Waals surface area contributed by atoms with Crippen LogP contribution in [0.25, 0.3) is 0 Å². The molecule has 1 aliphatic carbocycles. The standard InChI is InChI=1S/C19H32N2/c1-14-11-15(2)19(16(3)12-14)13-18(21-20)10-9-17-7-5-4-6-8-17/h11-12,17-18,21H,4-10,13,20H2,1-3H3.